The Morgan fingerprint density at radius 2 is 1.54 bits per heavy atom. The number of nitrogens with zero attached hydrogens (tertiary/aromatic N) is 1. The zero-order valence-electron chi connectivity index (χ0n) is 13.4. The molecule has 0 amide bonds. The summed E-state index contributed by atoms with van der Waals surface area (Å²) in [6, 6.07) is 13.0. The normalized spacial score (nSPS) is 14.2. The Morgan fingerprint density at radius 3 is 2.04 bits per heavy atom. The van der Waals surface area contributed by atoms with Crippen molar-refractivity contribution < 1.29 is 8.78 Å². The van der Waals surface area contributed by atoms with Crippen LogP contribution in [0.4, 0.5) is 8.78 Å². The highest BCUT2D eigenvalue weighted by Gasteiger charge is 2.15. The van der Waals surface area contributed by atoms with Gasteiger partial charge in [-0.15, -0.1) is 0 Å². The Hall–Kier alpha value is -2.43. The minimum atomic E-state index is -0.254. The van der Waals surface area contributed by atoms with E-state index in [1.807, 2.05) is 0 Å². The Balaban J connectivity index is 1.72. The van der Waals surface area contributed by atoms with Gasteiger partial charge in [0.05, 0.1) is 0 Å². The van der Waals surface area contributed by atoms with Gasteiger partial charge >= 0.3 is 0 Å². The second kappa shape index (κ2) is 7.90. The Morgan fingerprint density at radius 1 is 0.958 bits per heavy atom. The van der Waals surface area contributed by atoms with Crippen molar-refractivity contribution in [1.82, 2.24) is 10.6 Å². The Kier molecular flexibility index (Phi) is 5.41. The first-order chi connectivity index (χ1) is 11.7. The summed E-state index contributed by atoms with van der Waals surface area (Å²) in [6.45, 7) is 2.51. The summed E-state index contributed by atoms with van der Waals surface area (Å²) in [5.41, 5.74) is 2.03. The van der Waals surface area contributed by atoms with E-state index in [0.717, 1.165) is 49.6 Å². The van der Waals surface area contributed by atoms with E-state index in [9.17, 15) is 8.78 Å². The van der Waals surface area contributed by atoms with Crippen LogP contribution in [0.25, 0.3) is 0 Å². The van der Waals surface area contributed by atoms with Crippen molar-refractivity contribution >= 4 is 5.96 Å². The number of nitrogens with one attached hydrogen (secondary N) is 2. The first kappa shape index (κ1) is 16.4. The van der Waals surface area contributed by atoms with Crippen molar-refractivity contribution in [2.45, 2.75) is 18.8 Å². The van der Waals surface area contributed by atoms with Crippen LogP contribution >= 0.6 is 0 Å². The molecule has 1 aliphatic rings. The molecular weight excluding hydrogens is 308 g/mol. The van der Waals surface area contributed by atoms with Crippen LogP contribution in [0, 0.1) is 11.6 Å². The van der Waals surface area contributed by atoms with Gasteiger partial charge in [0.2, 0.25) is 0 Å². The second-order valence-electron chi connectivity index (χ2n) is 5.88. The highest BCUT2D eigenvalue weighted by molar-refractivity contribution is 5.80. The molecule has 0 aliphatic carbocycles. The first-order valence-corrected chi connectivity index (χ1v) is 8.25. The molecule has 1 aliphatic heterocycles. The molecule has 3 nitrogen and oxygen atoms in total. The summed E-state index contributed by atoms with van der Waals surface area (Å²) in [4.78, 5) is 4.39. The third kappa shape index (κ3) is 4.31. The molecule has 0 aromatic heterocycles. The summed E-state index contributed by atoms with van der Waals surface area (Å²) in [5.74, 6) is 0.395. The zero-order valence-corrected chi connectivity index (χ0v) is 13.4. The molecule has 2 aromatic carbocycles. The van der Waals surface area contributed by atoms with Gasteiger partial charge in [0.15, 0.2) is 5.96 Å². The van der Waals surface area contributed by atoms with E-state index in [2.05, 4.69) is 15.6 Å². The van der Waals surface area contributed by atoms with E-state index in [0.29, 0.717) is 0 Å². The third-order valence-corrected chi connectivity index (χ3v) is 4.17. The van der Waals surface area contributed by atoms with Gasteiger partial charge in [-0.2, -0.15) is 0 Å². The largest absolute Gasteiger partial charge is 0.356 e. The van der Waals surface area contributed by atoms with Gasteiger partial charge in [0, 0.05) is 25.6 Å². The minimum Gasteiger partial charge on any atom is -0.356 e. The molecule has 2 aromatic rings. The lowest BCUT2D eigenvalue weighted by atomic mass is 9.88. The molecule has 5 heteroatoms. The van der Waals surface area contributed by atoms with Crippen LogP contribution in [0.1, 0.15) is 29.9 Å². The molecule has 24 heavy (non-hydrogen) atoms. The van der Waals surface area contributed by atoms with Gasteiger partial charge in [-0.25, -0.2) is 8.78 Å². The number of halogens is 2. The van der Waals surface area contributed by atoms with Crippen molar-refractivity contribution in [2.75, 3.05) is 19.6 Å². The maximum Gasteiger partial charge on any atom is 0.191 e. The summed E-state index contributed by atoms with van der Waals surface area (Å²) in [6.07, 6.45) is 1.86. The number of hydrogen-bond acceptors (Lipinski definition) is 3. The van der Waals surface area contributed by atoms with Crippen LogP contribution in [0.2, 0.25) is 0 Å². The summed E-state index contributed by atoms with van der Waals surface area (Å²) in [7, 11) is 0. The number of guanidine groups is 1. The molecule has 0 unspecified atom stereocenters. The zero-order chi connectivity index (χ0) is 16.8. The first-order valence-electron chi connectivity index (χ1n) is 8.25. The molecule has 0 spiro atoms. The smallest absolute Gasteiger partial charge is 0.191 e. The monoisotopic (exact) mass is 329 g/mol. The fourth-order valence-corrected chi connectivity index (χ4v) is 2.90. The average molecular weight is 329 g/mol. The lowest BCUT2D eigenvalue weighted by Crippen LogP contribution is -2.41. The lowest BCUT2D eigenvalue weighted by Gasteiger charge is -2.21. The second-order valence-corrected chi connectivity index (χ2v) is 5.88. The van der Waals surface area contributed by atoms with Gasteiger partial charge < -0.3 is 10.6 Å². The summed E-state index contributed by atoms with van der Waals surface area (Å²) in [5, 5.41) is 6.53. The van der Waals surface area contributed by atoms with E-state index in [4.69, 9.17) is 0 Å². The van der Waals surface area contributed by atoms with Crippen molar-refractivity contribution in [3.05, 3.63) is 71.3 Å². The number of hydrogen-bond donors (Lipinski definition) is 2. The predicted molar refractivity (Wildman–Crippen MR) is 92.2 cm³/mol. The predicted octanol–water partition coefficient (Wildman–Crippen LogP) is 3.43. The van der Waals surface area contributed by atoms with Crippen molar-refractivity contribution in [2.24, 2.45) is 4.99 Å². The fourth-order valence-electron chi connectivity index (χ4n) is 2.90. The molecule has 0 atom stereocenters. The fraction of sp³-hybridized carbons (Fsp3) is 0.316. The number of rotatable bonds is 5. The summed E-state index contributed by atoms with van der Waals surface area (Å²) >= 11 is 0. The molecule has 3 rings (SSSR count). The van der Waals surface area contributed by atoms with Crippen LogP contribution < -0.4 is 10.6 Å². The maximum atomic E-state index is 13.2. The summed E-state index contributed by atoms with van der Waals surface area (Å²) < 4.78 is 26.4. The number of aliphatic imine (C=N–C) groups is 1. The Labute approximate surface area is 140 Å². The molecule has 0 saturated heterocycles. The number of benzene rings is 2. The highest BCUT2D eigenvalue weighted by atomic mass is 19.1. The Bertz CT molecular complexity index is 635. The molecule has 0 radical (unpaired) electrons. The van der Waals surface area contributed by atoms with Crippen molar-refractivity contribution in [3.63, 3.8) is 0 Å². The van der Waals surface area contributed by atoms with Gasteiger partial charge in [-0.1, -0.05) is 24.3 Å². The topological polar surface area (TPSA) is 36.4 Å². The molecule has 1 heterocycles. The van der Waals surface area contributed by atoms with Crippen LogP contribution in [-0.2, 0) is 0 Å². The van der Waals surface area contributed by atoms with Crippen LogP contribution in [-0.4, -0.2) is 25.6 Å². The van der Waals surface area contributed by atoms with Crippen LogP contribution in [0.3, 0.4) is 0 Å². The standard InChI is InChI=1S/C19H21F2N3/c20-16-6-2-14(3-7-16)18(15-4-8-17(21)9-5-15)10-13-24-19-22-11-1-12-23-19/h2-9,18H,1,10-13H2,(H2,22,23,24). The molecule has 0 saturated carbocycles. The van der Waals surface area contributed by atoms with E-state index in [-0.39, 0.29) is 17.6 Å². The van der Waals surface area contributed by atoms with E-state index < -0.39 is 0 Å². The van der Waals surface area contributed by atoms with Gasteiger partial charge in [-0.3, -0.25) is 4.99 Å². The van der Waals surface area contributed by atoms with Gasteiger partial charge in [0.25, 0.3) is 0 Å². The van der Waals surface area contributed by atoms with Crippen LogP contribution in [0.15, 0.2) is 53.5 Å². The van der Waals surface area contributed by atoms with Gasteiger partial charge in [-0.05, 0) is 48.2 Å². The van der Waals surface area contributed by atoms with Crippen molar-refractivity contribution in [3.8, 4) is 0 Å². The average Bonchev–Trinajstić information content (AvgIpc) is 2.62. The molecule has 0 bridgehead atoms. The van der Waals surface area contributed by atoms with E-state index >= 15 is 0 Å². The molecular formula is C19H21F2N3. The molecule has 2 N–H and O–H groups in total. The minimum absolute atomic E-state index is 0.0721. The van der Waals surface area contributed by atoms with Crippen LogP contribution in [0.5, 0.6) is 0 Å². The highest BCUT2D eigenvalue weighted by Crippen LogP contribution is 2.28. The third-order valence-electron chi connectivity index (χ3n) is 4.17. The quantitative estimate of drug-likeness (QED) is 0.882. The SMILES string of the molecule is Fc1ccc(C(CCNC2=NCCCN2)c2ccc(F)cc2)cc1. The van der Waals surface area contributed by atoms with E-state index in [1.165, 1.54) is 24.3 Å². The molecule has 126 valence electrons. The van der Waals surface area contributed by atoms with Gasteiger partial charge in [0.1, 0.15) is 11.6 Å². The maximum absolute atomic E-state index is 13.2. The van der Waals surface area contributed by atoms with Crippen molar-refractivity contribution in [1.29, 1.82) is 0 Å². The van der Waals surface area contributed by atoms with E-state index in [1.54, 1.807) is 24.3 Å². The lowest BCUT2D eigenvalue weighted by molar-refractivity contribution is 0.620. The molecule has 0 fully saturated rings.